The predicted molar refractivity (Wildman–Crippen MR) is 115 cm³/mol. The zero-order valence-corrected chi connectivity index (χ0v) is 18.0. The number of hydrogen-bond donors (Lipinski definition) is 2. The average Bonchev–Trinajstić information content (AvgIpc) is 3.28. The van der Waals surface area contributed by atoms with Crippen LogP contribution in [0.4, 0.5) is 4.39 Å². The van der Waals surface area contributed by atoms with Crippen molar-refractivity contribution in [1.82, 2.24) is 30.2 Å². The zero-order valence-electron chi connectivity index (χ0n) is 18.0. The maximum Gasteiger partial charge on any atom is 0.270 e. The Morgan fingerprint density at radius 3 is 2.67 bits per heavy atom. The molecule has 0 atom stereocenters. The van der Waals surface area contributed by atoms with Crippen molar-refractivity contribution in [3.63, 3.8) is 0 Å². The summed E-state index contributed by atoms with van der Waals surface area (Å²) in [5.41, 5.74) is 3.08. The molecule has 3 heterocycles. The number of aryl methyl sites for hydroxylation is 2. The van der Waals surface area contributed by atoms with Gasteiger partial charge >= 0.3 is 0 Å². The number of halogens is 1. The Balaban J connectivity index is 1.49. The molecule has 8 heteroatoms. The van der Waals surface area contributed by atoms with Gasteiger partial charge in [0, 0.05) is 49.9 Å². The molecule has 0 unspecified atom stereocenters. The van der Waals surface area contributed by atoms with Gasteiger partial charge in [-0.1, -0.05) is 0 Å². The highest BCUT2D eigenvalue weighted by Gasteiger charge is 2.27. The minimum absolute atomic E-state index is 0.0810. The molecule has 1 saturated heterocycles. The highest BCUT2D eigenvalue weighted by Crippen LogP contribution is 2.28. The number of H-pyrrole nitrogens is 1. The van der Waals surface area contributed by atoms with Crippen molar-refractivity contribution in [3.05, 3.63) is 35.8 Å². The maximum atomic E-state index is 13.9. The molecule has 0 bridgehead atoms. The van der Waals surface area contributed by atoms with E-state index in [2.05, 4.69) is 31.6 Å². The molecule has 1 aromatic carbocycles. The number of benzene rings is 1. The maximum absolute atomic E-state index is 13.9. The quantitative estimate of drug-likeness (QED) is 0.675. The van der Waals surface area contributed by atoms with Crippen LogP contribution in [0.1, 0.15) is 42.7 Å². The van der Waals surface area contributed by atoms with Gasteiger partial charge in [0.15, 0.2) is 0 Å². The molecule has 0 spiro atoms. The number of carbonyl (C=O) groups excluding carboxylic acids is 1. The summed E-state index contributed by atoms with van der Waals surface area (Å²) in [6.45, 7) is 7.19. The van der Waals surface area contributed by atoms with Crippen LogP contribution < -0.4 is 5.32 Å². The van der Waals surface area contributed by atoms with Crippen LogP contribution in [0.15, 0.2) is 24.5 Å². The van der Waals surface area contributed by atoms with Crippen molar-refractivity contribution in [1.29, 1.82) is 0 Å². The van der Waals surface area contributed by atoms with E-state index in [4.69, 9.17) is 0 Å². The lowest BCUT2D eigenvalue weighted by Gasteiger charge is -2.34. The van der Waals surface area contributed by atoms with E-state index in [0.29, 0.717) is 12.2 Å². The van der Waals surface area contributed by atoms with Crippen LogP contribution >= 0.6 is 0 Å². The van der Waals surface area contributed by atoms with E-state index in [9.17, 15) is 9.18 Å². The number of carbonyl (C=O) groups is 1. The van der Waals surface area contributed by atoms with Crippen LogP contribution in [0.5, 0.6) is 0 Å². The highest BCUT2D eigenvalue weighted by atomic mass is 19.1. The van der Waals surface area contributed by atoms with Crippen LogP contribution in [0.2, 0.25) is 0 Å². The van der Waals surface area contributed by atoms with Crippen LogP contribution in [0.3, 0.4) is 0 Å². The molecule has 0 radical (unpaired) electrons. The van der Waals surface area contributed by atoms with E-state index in [1.54, 1.807) is 18.5 Å². The summed E-state index contributed by atoms with van der Waals surface area (Å²) in [6, 6.07) is 4.13. The molecule has 2 N–H and O–H groups in total. The zero-order chi connectivity index (χ0) is 21.5. The van der Waals surface area contributed by atoms with Gasteiger partial charge in [-0.15, -0.1) is 0 Å². The number of piperidine rings is 1. The van der Waals surface area contributed by atoms with Crippen LogP contribution in [0.25, 0.3) is 22.0 Å². The smallest absolute Gasteiger partial charge is 0.270 e. The molecule has 1 fully saturated rings. The van der Waals surface area contributed by atoms with Crippen molar-refractivity contribution in [2.24, 2.45) is 7.05 Å². The number of nitrogens with one attached hydrogen (secondary N) is 2. The molecular weight excluding hydrogens is 383 g/mol. The van der Waals surface area contributed by atoms with Crippen molar-refractivity contribution in [2.45, 2.75) is 45.3 Å². The first kappa shape index (κ1) is 20.5. The fourth-order valence-corrected chi connectivity index (χ4v) is 4.23. The molecule has 1 amide bonds. The molecule has 160 valence electrons. The van der Waals surface area contributed by atoms with Crippen molar-refractivity contribution in [3.8, 4) is 11.1 Å². The largest absolute Gasteiger partial charge is 0.348 e. The number of alkyl halides is 1. The first-order chi connectivity index (χ1) is 14.2. The normalized spacial score (nSPS) is 16.3. The SMILES string of the molecule is Cc1cc(-c2cnn(C)c2)cc2c(C(=O)NC3CCN(CC(C)(C)F)CC3)[nH]nc12. The summed E-state index contributed by atoms with van der Waals surface area (Å²) in [5.74, 6) is -0.149. The van der Waals surface area contributed by atoms with Gasteiger partial charge in [0.05, 0.1) is 11.7 Å². The Kier molecular flexibility index (Phi) is 5.36. The minimum atomic E-state index is -1.20. The summed E-state index contributed by atoms with van der Waals surface area (Å²) < 4.78 is 15.6. The molecule has 1 aliphatic heterocycles. The summed E-state index contributed by atoms with van der Waals surface area (Å²) in [6.07, 6.45) is 5.39. The summed E-state index contributed by atoms with van der Waals surface area (Å²) >= 11 is 0. The molecule has 2 aromatic heterocycles. The first-order valence-corrected chi connectivity index (χ1v) is 10.4. The van der Waals surface area contributed by atoms with E-state index >= 15 is 0 Å². The van der Waals surface area contributed by atoms with Gasteiger partial charge < -0.3 is 10.2 Å². The number of hydrogen-bond acceptors (Lipinski definition) is 4. The number of aromatic amines is 1. The molecule has 30 heavy (non-hydrogen) atoms. The lowest BCUT2D eigenvalue weighted by atomic mass is 10.0. The van der Waals surface area contributed by atoms with E-state index in [0.717, 1.165) is 53.5 Å². The molecule has 4 rings (SSSR count). The van der Waals surface area contributed by atoms with Gasteiger partial charge in [0.1, 0.15) is 11.4 Å². The molecule has 0 saturated carbocycles. The molecule has 3 aromatic rings. The van der Waals surface area contributed by atoms with Gasteiger partial charge in [0.25, 0.3) is 5.91 Å². The monoisotopic (exact) mass is 412 g/mol. The van der Waals surface area contributed by atoms with Crippen LogP contribution in [0, 0.1) is 6.92 Å². The van der Waals surface area contributed by atoms with E-state index in [1.165, 1.54) is 0 Å². The minimum Gasteiger partial charge on any atom is -0.348 e. The first-order valence-electron chi connectivity index (χ1n) is 10.4. The second-order valence-corrected chi connectivity index (χ2v) is 8.93. The van der Waals surface area contributed by atoms with Crippen molar-refractivity contribution < 1.29 is 9.18 Å². The molecule has 1 aliphatic rings. The van der Waals surface area contributed by atoms with Crippen LogP contribution in [-0.4, -0.2) is 62.1 Å². The second-order valence-electron chi connectivity index (χ2n) is 8.93. The van der Waals surface area contributed by atoms with E-state index in [1.807, 2.05) is 32.4 Å². The van der Waals surface area contributed by atoms with Crippen molar-refractivity contribution in [2.75, 3.05) is 19.6 Å². The third kappa shape index (κ3) is 4.38. The Morgan fingerprint density at radius 1 is 1.30 bits per heavy atom. The number of aromatic nitrogens is 4. The van der Waals surface area contributed by atoms with Crippen molar-refractivity contribution >= 4 is 16.8 Å². The van der Waals surface area contributed by atoms with Gasteiger partial charge in [-0.25, -0.2) is 4.39 Å². The molecule has 0 aliphatic carbocycles. The molecule has 7 nitrogen and oxygen atoms in total. The summed E-state index contributed by atoms with van der Waals surface area (Å²) in [5, 5.41) is 15.5. The van der Waals surface area contributed by atoms with E-state index in [-0.39, 0.29) is 11.9 Å². The fourth-order valence-electron chi connectivity index (χ4n) is 4.23. The fraction of sp³-hybridized carbons (Fsp3) is 0.500. The Hall–Kier alpha value is -2.74. The topological polar surface area (TPSA) is 78.8 Å². The Bertz CT molecular complexity index is 1060. The standard InChI is InChI=1S/C22H29FN6O/c1-14-9-15(16-11-24-28(4)12-16)10-18-19(14)26-27-20(18)21(30)25-17-5-7-29(8-6-17)13-22(2,3)23/h9-12,17H,5-8,13H2,1-4H3,(H,25,30)(H,26,27). The number of likely N-dealkylation sites (tertiary alicyclic amines) is 1. The lowest BCUT2D eigenvalue weighted by molar-refractivity contribution is 0.0844. The predicted octanol–water partition coefficient (Wildman–Crippen LogP) is 3.21. The van der Waals surface area contributed by atoms with Gasteiger partial charge in [-0.2, -0.15) is 10.2 Å². The average molecular weight is 413 g/mol. The van der Waals surface area contributed by atoms with Gasteiger partial charge in [-0.05, 0) is 56.9 Å². The van der Waals surface area contributed by atoms with Gasteiger partial charge in [0.2, 0.25) is 0 Å². The summed E-state index contributed by atoms with van der Waals surface area (Å²) in [4.78, 5) is 15.1. The third-order valence-electron chi connectivity index (χ3n) is 5.64. The number of amides is 1. The van der Waals surface area contributed by atoms with E-state index < -0.39 is 5.67 Å². The number of rotatable bonds is 5. The Morgan fingerprint density at radius 2 is 2.03 bits per heavy atom. The number of fused-ring (bicyclic) bond motifs is 1. The summed E-state index contributed by atoms with van der Waals surface area (Å²) in [7, 11) is 1.88. The highest BCUT2D eigenvalue weighted by molar-refractivity contribution is 6.06. The van der Waals surface area contributed by atoms with Gasteiger partial charge in [-0.3, -0.25) is 14.6 Å². The number of nitrogens with zero attached hydrogens (tertiary/aromatic N) is 4. The third-order valence-corrected chi connectivity index (χ3v) is 5.64. The van der Waals surface area contributed by atoms with Crippen LogP contribution in [-0.2, 0) is 7.05 Å². The molecular formula is C22H29FN6O. The second kappa shape index (κ2) is 7.83. The lowest BCUT2D eigenvalue weighted by Crippen LogP contribution is -2.47. The Labute approximate surface area is 175 Å².